The molecular formula is C14H20N4O2S. The summed E-state index contributed by atoms with van der Waals surface area (Å²) in [6, 6.07) is 3.90. The first-order chi connectivity index (χ1) is 10.3. The lowest BCUT2D eigenvalue weighted by Crippen LogP contribution is -2.24. The third kappa shape index (κ3) is 5.28. The molecule has 2 aromatic heterocycles. The van der Waals surface area contributed by atoms with Crippen LogP contribution in [0.15, 0.2) is 22.0 Å². The van der Waals surface area contributed by atoms with Crippen LogP contribution in [0.25, 0.3) is 10.7 Å². The van der Waals surface area contributed by atoms with E-state index in [1.165, 1.54) is 0 Å². The maximum atomic E-state index is 11.6. The van der Waals surface area contributed by atoms with Crippen molar-refractivity contribution < 1.29 is 9.32 Å². The van der Waals surface area contributed by atoms with Crippen LogP contribution in [0.3, 0.4) is 0 Å². The average molecular weight is 308 g/mol. The summed E-state index contributed by atoms with van der Waals surface area (Å²) in [4.78, 5) is 16.9. The Labute approximate surface area is 127 Å². The molecule has 21 heavy (non-hydrogen) atoms. The van der Waals surface area contributed by atoms with Crippen LogP contribution >= 0.6 is 11.3 Å². The Kier molecular flexibility index (Phi) is 6.36. The number of nitrogens with two attached hydrogens (primary N) is 1. The molecule has 0 aliphatic carbocycles. The van der Waals surface area contributed by atoms with Gasteiger partial charge in [0.15, 0.2) is 0 Å². The first kappa shape index (κ1) is 15.7. The Hall–Kier alpha value is -1.73. The van der Waals surface area contributed by atoms with Crippen LogP contribution in [0.2, 0.25) is 0 Å². The summed E-state index contributed by atoms with van der Waals surface area (Å²) in [5.74, 6) is 1.26. The highest BCUT2D eigenvalue weighted by Crippen LogP contribution is 2.21. The number of nitrogens with zero attached hydrogens (tertiary/aromatic N) is 2. The molecule has 114 valence electrons. The minimum Gasteiger partial charge on any atom is -0.356 e. The second-order valence-electron chi connectivity index (χ2n) is 4.69. The Bertz CT molecular complexity index is 539. The standard InChI is InChI=1S/C14H20N4O2S/c15-8-1-2-9-16-12(19)6-3-7-13-17-14(18-20-13)11-5-4-10-21-11/h4-5,10H,1-3,6-9,15H2,(H,16,19). The van der Waals surface area contributed by atoms with Crippen molar-refractivity contribution >= 4 is 17.2 Å². The van der Waals surface area contributed by atoms with E-state index in [4.69, 9.17) is 10.3 Å². The van der Waals surface area contributed by atoms with Gasteiger partial charge in [0.25, 0.3) is 0 Å². The molecular weight excluding hydrogens is 288 g/mol. The van der Waals surface area contributed by atoms with Gasteiger partial charge in [-0.15, -0.1) is 11.3 Å². The van der Waals surface area contributed by atoms with Crippen molar-refractivity contribution in [3.63, 3.8) is 0 Å². The molecule has 0 spiro atoms. The monoisotopic (exact) mass is 308 g/mol. The predicted octanol–water partition coefficient (Wildman–Crippen LogP) is 1.98. The molecule has 0 saturated carbocycles. The van der Waals surface area contributed by atoms with E-state index in [1.807, 2.05) is 17.5 Å². The van der Waals surface area contributed by atoms with Gasteiger partial charge in [0.1, 0.15) is 0 Å². The molecule has 0 atom stereocenters. The zero-order valence-electron chi connectivity index (χ0n) is 11.9. The van der Waals surface area contributed by atoms with Gasteiger partial charge >= 0.3 is 0 Å². The minimum absolute atomic E-state index is 0.0602. The zero-order chi connectivity index (χ0) is 14.9. The van der Waals surface area contributed by atoms with E-state index in [0.717, 1.165) is 17.7 Å². The number of rotatable bonds is 9. The number of aromatic nitrogens is 2. The second kappa shape index (κ2) is 8.53. The summed E-state index contributed by atoms with van der Waals surface area (Å²) < 4.78 is 5.18. The van der Waals surface area contributed by atoms with Crippen molar-refractivity contribution in [1.29, 1.82) is 0 Å². The van der Waals surface area contributed by atoms with Crippen molar-refractivity contribution in [3.8, 4) is 10.7 Å². The number of unbranched alkanes of at least 4 members (excludes halogenated alkanes) is 1. The molecule has 2 rings (SSSR count). The number of hydrogen-bond acceptors (Lipinski definition) is 6. The molecule has 3 N–H and O–H groups in total. The molecule has 6 nitrogen and oxygen atoms in total. The molecule has 0 fully saturated rings. The highest BCUT2D eigenvalue weighted by molar-refractivity contribution is 7.13. The van der Waals surface area contributed by atoms with E-state index in [9.17, 15) is 4.79 Å². The van der Waals surface area contributed by atoms with Gasteiger partial charge in [-0.2, -0.15) is 4.98 Å². The van der Waals surface area contributed by atoms with Crippen molar-refractivity contribution in [3.05, 3.63) is 23.4 Å². The molecule has 0 aromatic carbocycles. The van der Waals surface area contributed by atoms with Crippen LogP contribution in [-0.2, 0) is 11.2 Å². The smallest absolute Gasteiger partial charge is 0.226 e. The number of carbonyl (C=O) groups is 1. The third-order valence-electron chi connectivity index (χ3n) is 2.96. The largest absolute Gasteiger partial charge is 0.356 e. The Morgan fingerprint density at radius 2 is 2.29 bits per heavy atom. The van der Waals surface area contributed by atoms with Gasteiger partial charge in [-0.1, -0.05) is 11.2 Å². The summed E-state index contributed by atoms with van der Waals surface area (Å²) in [7, 11) is 0. The summed E-state index contributed by atoms with van der Waals surface area (Å²) in [5, 5.41) is 8.78. The van der Waals surface area contributed by atoms with Gasteiger partial charge in [0, 0.05) is 19.4 Å². The van der Waals surface area contributed by atoms with Gasteiger partial charge < -0.3 is 15.6 Å². The lowest BCUT2D eigenvalue weighted by Gasteiger charge is -2.03. The maximum Gasteiger partial charge on any atom is 0.226 e. The summed E-state index contributed by atoms with van der Waals surface area (Å²) in [5.41, 5.74) is 5.39. The first-order valence-electron chi connectivity index (χ1n) is 7.13. The lowest BCUT2D eigenvalue weighted by molar-refractivity contribution is -0.121. The van der Waals surface area contributed by atoms with Crippen LogP contribution in [0.5, 0.6) is 0 Å². The van der Waals surface area contributed by atoms with Crippen LogP contribution in [0, 0.1) is 0 Å². The quantitative estimate of drug-likeness (QED) is 0.691. The molecule has 0 aliphatic heterocycles. The van der Waals surface area contributed by atoms with Gasteiger partial charge in [-0.3, -0.25) is 4.79 Å². The maximum absolute atomic E-state index is 11.6. The van der Waals surface area contributed by atoms with Crippen LogP contribution in [0.4, 0.5) is 0 Å². The summed E-state index contributed by atoms with van der Waals surface area (Å²) in [6.07, 6.45) is 3.66. The van der Waals surface area contributed by atoms with E-state index in [2.05, 4.69) is 15.5 Å². The van der Waals surface area contributed by atoms with E-state index >= 15 is 0 Å². The molecule has 0 bridgehead atoms. The fourth-order valence-corrected chi connectivity index (χ4v) is 2.50. The molecule has 0 aliphatic rings. The molecule has 1 amide bonds. The number of aryl methyl sites for hydroxylation is 1. The van der Waals surface area contributed by atoms with Gasteiger partial charge in [-0.05, 0) is 37.3 Å². The first-order valence-corrected chi connectivity index (χ1v) is 8.01. The number of nitrogens with one attached hydrogen (secondary N) is 1. The topological polar surface area (TPSA) is 94.0 Å². The number of amides is 1. The van der Waals surface area contributed by atoms with Crippen molar-refractivity contribution in [2.75, 3.05) is 13.1 Å². The Balaban J connectivity index is 1.66. The van der Waals surface area contributed by atoms with Crippen LogP contribution < -0.4 is 11.1 Å². The Morgan fingerprint density at radius 3 is 3.05 bits per heavy atom. The van der Waals surface area contributed by atoms with E-state index in [1.54, 1.807) is 11.3 Å². The van der Waals surface area contributed by atoms with Gasteiger partial charge in [0.05, 0.1) is 4.88 Å². The van der Waals surface area contributed by atoms with E-state index in [-0.39, 0.29) is 5.91 Å². The summed E-state index contributed by atoms with van der Waals surface area (Å²) >= 11 is 1.57. The molecule has 0 saturated heterocycles. The average Bonchev–Trinajstić information content (AvgIpc) is 3.14. The minimum atomic E-state index is 0.0602. The molecule has 0 radical (unpaired) electrons. The molecule has 2 heterocycles. The molecule has 7 heteroatoms. The fraction of sp³-hybridized carbons (Fsp3) is 0.500. The molecule has 2 aromatic rings. The third-order valence-corrected chi connectivity index (χ3v) is 3.82. The number of hydrogen-bond donors (Lipinski definition) is 2. The van der Waals surface area contributed by atoms with Crippen molar-refractivity contribution in [2.45, 2.75) is 32.1 Å². The Morgan fingerprint density at radius 1 is 1.38 bits per heavy atom. The molecule has 0 unspecified atom stereocenters. The SMILES string of the molecule is NCCCCNC(=O)CCCc1nc(-c2cccs2)no1. The fourth-order valence-electron chi connectivity index (χ4n) is 1.85. The zero-order valence-corrected chi connectivity index (χ0v) is 12.7. The normalized spacial score (nSPS) is 10.7. The number of carbonyl (C=O) groups excluding carboxylic acids is 1. The van der Waals surface area contributed by atoms with Gasteiger partial charge in [-0.25, -0.2) is 0 Å². The highest BCUT2D eigenvalue weighted by Gasteiger charge is 2.09. The second-order valence-corrected chi connectivity index (χ2v) is 5.64. The van der Waals surface area contributed by atoms with Crippen molar-refractivity contribution in [1.82, 2.24) is 15.5 Å². The lowest BCUT2D eigenvalue weighted by atomic mass is 10.2. The van der Waals surface area contributed by atoms with E-state index < -0.39 is 0 Å². The van der Waals surface area contributed by atoms with Gasteiger partial charge in [0.2, 0.25) is 17.6 Å². The summed E-state index contributed by atoms with van der Waals surface area (Å²) in [6.45, 7) is 1.36. The van der Waals surface area contributed by atoms with Crippen molar-refractivity contribution in [2.24, 2.45) is 5.73 Å². The van der Waals surface area contributed by atoms with Crippen LogP contribution in [-0.4, -0.2) is 29.1 Å². The van der Waals surface area contributed by atoms with Crippen LogP contribution in [0.1, 0.15) is 31.6 Å². The highest BCUT2D eigenvalue weighted by atomic mass is 32.1. The van der Waals surface area contributed by atoms with E-state index in [0.29, 0.717) is 44.1 Å². The predicted molar refractivity (Wildman–Crippen MR) is 81.8 cm³/mol. The number of thiophene rings is 1.